The molecule has 31 heavy (non-hydrogen) atoms. The molecule has 0 saturated carbocycles. The number of pyridine rings is 1. The van der Waals surface area contributed by atoms with E-state index in [1.165, 1.54) is 0 Å². The monoisotopic (exact) mass is 438 g/mol. The van der Waals surface area contributed by atoms with Gasteiger partial charge in [-0.15, -0.1) is 0 Å². The molecule has 2 aromatic carbocycles. The molecule has 3 aromatic rings. The van der Waals surface area contributed by atoms with Crippen molar-refractivity contribution in [2.75, 3.05) is 6.61 Å². The van der Waals surface area contributed by atoms with Crippen molar-refractivity contribution >= 4 is 28.6 Å². The number of unbranched alkanes of at least 4 members (excludes halogenated alkanes) is 2. The molecule has 1 unspecified atom stereocenters. The van der Waals surface area contributed by atoms with E-state index < -0.39 is 5.91 Å². The minimum Gasteiger partial charge on any atom is -0.394 e. The van der Waals surface area contributed by atoms with Crippen molar-refractivity contribution in [3.63, 3.8) is 0 Å². The predicted molar refractivity (Wildman–Crippen MR) is 127 cm³/mol. The van der Waals surface area contributed by atoms with E-state index in [-0.39, 0.29) is 23.6 Å². The summed E-state index contributed by atoms with van der Waals surface area (Å²) in [7, 11) is 0. The number of amides is 1. The Hall–Kier alpha value is -2.57. The number of carbonyl (C=O) groups is 1. The van der Waals surface area contributed by atoms with E-state index in [4.69, 9.17) is 0 Å². The van der Waals surface area contributed by atoms with Gasteiger partial charge in [0, 0.05) is 27.9 Å². The minimum atomic E-state index is -0.431. The second kappa shape index (κ2) is 11.2. The van der Waals surface area contributed by atoms with Gasteiger partial charge in [-0.2, -0.15) is 0 Å². The number of aromatic nitrogens is 1. The Balaban J connectivity index is 2.03. The molecule has 6 heteroatoms. The fourth-order valence-electron chi connectivity index (χ4n) is 3.48. The van der Waals surface area contributed by atoms with Crippen LogP contribution in [0.2, 0.25) is 0 Å². The molecule has 0 aliphatic heterocycles. The van der Waals surface area contributed by atoms with Gasteiger partial charge in [-0.1, -0.05) is 56.7 Å². The van der Waals surface area contributed by atoms with E-state index in [9.17, 15) is 14.7 Å². The highest BCUT2D eigenvalue weighted by Gasteiger charge is 2.18. The standard InChI is InChI=1S/C25H30N2O3S/c1-3-5-9-14-27-16-22(25(30)26-18(4-2)17-28)24(29)21-13-12-20(15-23(21)27)31-19-10-7-6-8-11-19/h6-8,10-13,15-16,18,28H,3-5,9,14,17H2,1-2H3,(H,26,30). The largest absolute Gasteiger partial charge is 0.394 e. The minimum absolute atomic E-state index is 0.124. The van der Waals surface area contributed by atoms with Gasteiger partial charge in [-0.3, -0.25) is 9.59 Å². The quantitative estimate of drug-likeness (QED) is 0.444. The summed E-state index contributed by atoms with van der Waals surface area (Å²) in [5.74, 6) is -0.431. The number of fused-ring (bicyclic) bond motifs is 1. The van der Waals surface area contributed by atoms with E-state index in [0.29, 0.717) is 11.8 Å². The number of aliphatic hydroxyl groups is 1. The van der Waals surface area contributed by atoms with Crippen LogP contribution in [0, 0.1) is 0 Å². The molecular formula is C25H30N2O3S. The van der Waals surface area contributed by atoms with Gasteiger partial charge >= 0.3 is 0 Å². The third-order valence-corrected chi connectivity index (χ3v) is 6.32. The van der Waals surface area contributed by atoms with Crippen molar-refractivity contribution in [2.45, 2.75) is 61.9 Å². The van der Waals surface area contributed by atoms with Gasteiger partial charge in [0.1, 0.15) is 5.56 Å². The van der Waals surface area contributed by atoms with Crippen molar-refractivity contribution in [1.29, 1.82) is 0 Å². The zero-order valence-corrected chi connectivity index (χ0v) is 19.0. The van der Waals surface area contributed by atoms with Gasteiger partial charge in [-0.25, -0.2) is 0 Å². The molecule has 0 fully saturated rings. The normalized spacial score (nSPS) is 12.1. The van der Waals surface area contributed by atoms with Crippen molar-refractivity contribution in [3.05, 3.63) is 70.5 Å². The van der Waals surface area contributed by atoms with E-state index in [2.05, 4.69) is 24.4 Å². The maximum Gasteiger partial charge on any atom is 0.257 e. The summed E-state index contributed by atoms with van der Waals surface area (Å²) >= 11 is 1.65. The lowest BCUT2D eigenvalue weighted by Crippen LogP contribution is -2.39. The summed E-state index contributed by atoms with van der Waals surface area (Å²) in [6, 6.07) is 15.5. The molecule has 1 atom stereocenters. The molecule has 3 rings (SSSR count). The smallest absolute Gasteiger partial charge is 0.257 e. The van der Waals surface area contributed by atoms with Gasteiger partial charge in [-0.05, 0) is 43.2 Å². The lowest BCUT2D eigenvalue weighted by Gasteiger charge is -2.17. The Morgan fingerprint density at radius 2 is 1.87 bits per heavy atom. The van der Waals surface area contributed by atoms with Gasteiger partial charge in [0.05, 0.1) is 18.2 Å². The van der Waals surface area contributed by atoms with Gasteiger partial charge < -0.3 is 15.0 Å². The van der Waals surface area contributed by atoms with Crippen LogP contribution in [-0.4, -0.2) is 28.2 Å². The lowest BCUT2D eigenvalue weighted by molar-refractivity contribution is 0.0913. The third kappa shape index (κ3) is 5.77. The van der Waals surface area contributed by atoms with E-state index in [1.54, 1.807) is 18.0 Å². The number of aryl methyl sites for hydroxylation is 1. The second-order valence-electron chi connectivity index (χ2n) is 7.63. The molecule has 2 N–H and O–H groups in total. The highest BCUT2D eigenvalue weighted by Crippen LogP contribution is 2.29. The van der Waals surface area contributed by atoms with Gasteiger partial charge in [0.2, 0.25) is 5.43 Å². The zero-order valence-electron chi connectivity index (χ0n) is 18.1. The summed E-state index contributed by atoms with van der Waals surface area (Å²) in [6.45, 7) is 4.62. The predicted octanol–water partition coefficient (Wildman–Crippen LogP) is 4.84. The molecule has 5 nitrogen and oxygen atoms in total. The number of hydrogen-bond donors (Lipinski definition) is 2. The van der Waals surface area contributed by atoms with Crippen LogP contribution < -0.4 is 10.7 Å². The summed E-state index contributed by atoms with van der Waals surface area (Å²) in [5.41, 5.74) is 0.690. The van der Waals surface area contributed by atoms with Crippen molar-refractivity contribution in [2.24, 2.45) is 0 Å². The van der Waals surface area contributed by atoms with Crippen LogP contribution in [0.15, 0.2) is 69.3 Å². The van der Waals surface area contributed by atoms with Crippen LogP contribution in [-0.2, 0) is 6.54 Å². The molecule has 1 amide bonds. The summed E-state index contributed by atoms with van der Waals surface area (Å²) in [4.78, 5) is 28.1. The van der Waals surface area contributed by atoms with Gasteiger partial charge in [0.15, 0.2) is 0 Å². The number of benzene rings is 2. The fourth-order valence-corrected chi connectivity index (χ4v) is 4.35. The van der Waals surface area contributed by atoms with Crippen LogP contribution in [0.5, 0.6) is 0 Å². The first kappa shape index (κ1) is 23.1. The molecule has 0 radical (unpaired) electrons. The maximum atomic E-state index is 13.1. The maximum absolute atomic E-state index is 13.1. The number of nitrogens with zero attached hydrogens (tertiary/aromatic N) is 1. The molecule has 1 aromatic heterocycles. The highest BCUT2D eigenvalue weighted by atomic mass is 32.2. The number of hydrogen-bond acceptors (Lipinski definition) is 4. The summed E-state index contributed by atoms with van der Waals surface area (Å²) in [6.07, 6.45) is 5.42. The van der Waals surface area contributed by atoms with E-state index >= 15 is 0 Å². The Kier molecular flexibility index (Phi) is 8.32. The molecule has 0 bridgehead atoms. The Morgan fingerprint density at radius 1 is 1.10 bits per heavy atom. The topological polar surface area (TPSA) is 71.3 Å². The highest BCUT2D eigenvalue weighted by molar-refractivity contribution is 7.99. The van der Waals surface area contributed by atoms with Crippen molar-refractivity contribution in [3.8, 4) is 0 Å². The number of aliphatic hydroxyl groups excluding tert-OH is 1. The molecular weight excluding hydrogens is 408 g/mol. The molecule has 164 valence electrons. The first-order chi connectivity index (χ1) is 15.1. The Morgan fingerprint density at radius 3 is 2.55 bits per heavy atom. The number of nitrogens with one attached hydrogen (secondary N) is 1. The molecule has 0 aliphatic carbocycles. The zero-order chi connectivity index (χ0) is 22.2. The lowest BCUT2D eigenvalue weighted by atomic mass is 10.1. The van der Waals surface area contributed by atoms with E-state index in [0.717, 1.165) is 41.1 Å². The average molecular weight is 439 g/mol. The Labute approximate surface area is 187 Å². The number of carbonyl (C=O) groups excluding carboxylic acids is 1. The third-order valence-electron chi connectivity index (χ3n) is 5.33. The van der Waals surface area contributed by atoms with Crippen LogP contribution in [0.4, 0.5) is 0 Å². The van der Waals surface area contributed by atoms with Crippen LogP contribution in [0.25, 0.3) is 10.9 Å². The molecule has 1 heterocycles. The first-order valence-electron chi connectivity index (χ1n) is 10.9. The summed E-state index contributed by atoms with van der Waals surface area (Å²) in [5, 5.41) is 12.7. The summed E-state index contributed by atoms with van der Waals surface area (Å²) < 4.78 is 2.02. The fraction of sp³-hybridized carbons (Fsp3) is 0.360. The first-order valence-corrected chi connectivity index (χ1v) is 11.7. The van der Waals surface area contributed by atoms with E-state index in [1.807, 2.05) is 47.9 Å². The Bertz CT molecular complexity index is 1080. The van der Waals surface area contributed by atoms with Crippen molar-refractivity contribution < 1.29 is 9.90 Å². The van der Waals surface area contributed by atoms with Crippen LogP contribution >= 0.6 is 11.8 Å². The average Bonchev–Trinajstić information content (AvgIpc) is 2.79. The van der Waals surface area contributed by atoms with Crippen molar-refractivity contribution in [1.82, 2.24) is 9.88 Å². The molecule has 0 saturated heterocycles. The van der Waals surface area contributed by atoms with Crippen LogP contribution in [0.1, 0.15) is 49.9 Å². The SMILES string of the molecule is CCCCCn1cc(C(=O)NC(CC)CO)c(=O)c2ccc(Sc3ccccc3)cc21. The van der Waals surface area contributed by atoms with Crippen LogP contribution in [0.3, 0.4) is 0 Å². The van der Waals surface area contributed by atoms with Gasteiger partial charge in [0.25, 0.3) is 5.91 Å². The molecule has 0 aliphatic rings. The second-order valence-corrected chi connectivity index (χ2v) is 8.77. The molecule has 0 spiro atoms. The number of rotatable bonds is 10.